The Kier molecular flexibility index (Phi) is 6.24. The number of rotatable bonds is 6. The van der Waals surface area contributed by atoms with E-state index in [2.05, 4.69) is 10.1 Å². The van der Waals surface area contributed by atoms with E-state index in [9.17, 15) is 26.7 Å². The number of hydrogen-bond donors (Lipinski definition) is 1. The van der Waals surface area contributed by atoms with Crippen LogP contribution in [0.3, 0.4) is 0 Å². The van der Waals surface area contributed by atoms with Crippen LogP contribution in [0.25, 0.3) is 0 Å². The third-order valence-electron chi connectivity index (χ3n) is 2.95. The number of halogens is 5. The van der Waals surface area contributed by atoms with Gasteiger partial charge in [0.25, 0.3) is 5.91 Å². The van der Waals surface area contributed by atoms with Gasteiger partial charge < -0.3 is 10.1 Å². The minimum atomic E-state index is -4.38. The van der Waals surface area contributed by atoms with Crippen LogP contribution in [-0.2, 0) is 6.54 Å². The summed E-state index contributed by atoms with van der Waals surface area (Å²) < 4.78 is 65.0. The summed E-state index contributed by atoms with van der Waals surface area (Å²) in [6, 6.07) is 10.7. The normalized spacial score (nSPS) is 11.4. The van der Waals surface area contributed by atoms with Crippen molar-refractivity contribution in [1.29, 1.82) is 0 Å². The fourth-order valence-electron chi connectivity index (χ4n) is 1.88. The summed E-state index contributed by atoms with van der Waals surface area (Å²) >= 11 is -0.260. The van der Waals surface area contributed by atoms with Gasteiger partial charge in [0.15, 0.2) is 0 Å². The third kappa shape index (κ3) is 6.61. The fourth-order valence-corrected chi connectivity index (χ4v) is 2.42. The van der Waals surface area contributed by atoms with Crippen LogP contribution in [0.1, 0.15) is 15.9 Å². The van der Waals surface area contributed by atoms with Crippen LogP contribution < -0.4 is 10.1 Å². The topological polar surface area (TPSA) is 38.3 Å². The zero-order chi connectivity index (χ0) is 18.4. The fraction of sp³-hybridized carbons (Fsp3) is 0.188. The molecule has 0 heterocycles. The Morgan fingerprint density at radius 1 is 1.04 bits per heavy atom. The largest absolute Gasteiger partial charge is 0.446 e. The van der Waals surface area contributed by atoms with Gasteiger partial charge in [-0.25, -0.2) is 0 Å². The molecule has 1 N–H and O–H groups in total. The standard InChI is InChI=1S/C16H12F5NO2S/c17-15(18)24-12-5-1-10(2-6-12)9-22-14(23)11-3-7-13(8-4-11)25-16(19,20)21/h1-8,15H,9H2,(H,22,23). The molecule has 0 aliphatic carbocycles. The molecule has 134 valence electrons. The first-order chi connectivity index (χ1) is 11.7. The summed E-state index contributed by atoms with van der Waals surface area (Å²) in [5.74, 6) is -0.459. The van der Waals surface area contributed by atoms with Gasteiger partial charge in [-0.05, 0) is 53.7 Å². The van der Waals surface area contributed by atoms with Crippen molar-refractivity contribution in [2.45, 2.75) is 23.6 Å². The number of nitrogens with one attached hydrogen (secondary N) is 1. The van der Waals surface area contributed by atoms with Crippen LogP contribution in [-0.4, -0.2) is 18.0 Å². The summed E-state index contributed by atoms with van der Waals surface area (Å²) in [6.07, 6.45) is 0. The number of amides is 1. The minimum absolute atomic E-state index is 0.00262. The number of thioether (sulfide) groups is 1. The lowest BCUT2D eigenvalue weighted by molar-refractivity contribution is -0.0498. The molecule has 25 heavy (non-hydrogen) atoms. The molecule has 0 saturated heterocycles. The molecule has 0 saturated carbocycles. The zero-order valence-corrected chi connectivity index (χ0v) is 13.3. The van der Waals surface area contributed by atoms with Crippen LogP contribution in [0.5, 0.6) is 5.75 Å². The first-order valence-corrected chi connectivity index (χ1v) is 7.72. The number of hydrogen-bond acceptors (Lipinski definition) is 3. The molecule has 3 nitrogen and oxygen atoms in total. The molecular weight excluding hydrogens is 365 g/mol. The Morgan fingerprint density at radius 3 is 2.16 bits per heavy atom. The summed E-state index contributed by atoms with van der Waals surface area (Å²) in [6.45, 7) is -2.78. The van der Waals surface area contributed by atoms with Crippen molar-refractivity contribution in [3.8, 4) is 5.75 Å². The van der Waals surface area contributed by atoms with E-state index in [1.165, 1.54) is 48.5 Å². The second kappa shape index (κ2) is 8.19. The van der Waals surface area contributed by atoms with E-state index in [0.717, 1.165) is 0 Å². The number of ether oxygens (including phenoxy) is 1. The predicted molar refractivity (Wildman–Crippen MR) is 82.6 cm³/mol. The summed E-state index contributed by atoms with van der Waals surface area (Å²) in [5, 5.41) is 2.59. The van der Waals surface area contributed by atoms with E-state index in [0.29, 0.717) is 5.56 Å². The molecule has 0 atom stereocenters. The molecule has 0 radical (unpaired) electrons. The van der Waals surface area contributed by atoms with Crippen molar-refractivity contribution in [2.24, 2.45) is 0 Å². The quantitative estimate of drug-likeness (QED) is 0.579. The number of carbonyl (C=O) groups is 1. The molecular formula is C16H12F5NO2S. The molecule has 0 aliphatic rings. The van der Waals surface area contributed by atoms with Crippen LogP contribution in [0.2, 0.25) is 0 Å². The van der Waals surface area contributed by atoms with E-state index in [-0.39, 0.29) is 34.5 Å². The van der Waals surface area contributed by atoms with Crippen LogP contribution in [0, 0.1) is 0 Å². The summed E-state index contributed by atoms with van der Waals surface area (Å²) in [4.78, 5) is 11.9. The van der Waals surface area contributed by atoms with E-state index < -0.39 is 18.0 Å². The van der Waals surface area contributed by atoms with Gasteiger partial charge in [0.05, 0.1) is 0 Å². The van der Waals surface area contributed by atoms with E-state index in [1.807, 2.05) is 0 Å². The van der Waals surface area contributed by atoms with Gasteiger partial charge in [-0.1, -0.05) is 12.1 Å². The number of carbonyl (C=O) groups excluding carboxylic acids is 1. The highest BCUT2D eigenvalue weighted by Crippen LogP contribution is 2.36. The lowest BCUT2D eigenvalue weighted by Crippen LogP contribution is -2.22. The van der Waals surface area contributed by atoms with Crippen LogP contribution >= 0.6 is 11.8 Å². The summed E-state index contributed by atoms with van der Waals surface area (Å²) in [5.41, 5.74) is -3.52. The van der Waals surface area contributed by atoms with Gasteiger partial charge >= 0.3 is 12.1 Å². The maximum Gasteiger partial charge on any atom is 0.446 e. The van der Waals surface area contributed by atoms with E-state index >= 15 is 0 Å². The smallest absolute Gasteiger partial charge is 0.435 e. The first-order valence-electron chi connectivity index (χ1n) is 6.91. The summed E-state index contributed by atoms with van der Waals surface area (Å²) in [7, 11) is 0. The molecule has 0 spiro atoms. The maximum atomic E-state index is 12.2. The molecule has 0 aliphatic heterocycles. The van der Waals surface area contributed by atoms with Crippen molar-refractivity contribution >= 4 is 17.7 Å². The predicted octanol–water partition coefficient (Wildman–Crippen LogP) is 4.83. The maximum absolute atomic E-state index is 12.2. The lowest BCUT2D eigenvalue weighted by atomic mass is 10.2. The Morgan fingerprint density at radius 2 is 1.64 bits per heavy atom. The highest BCUT2D eigenvalue weighted by Gasteiger charge is 2.29. The second-order valence-corrected chi connectivity index (χ2v) is 5.92. The third-order valence-corrected chi connectivity index (χ3v) is 3.69. The molecule has 0 bridgehead atoms. The molecule has 2 aromatic carbocycles. The molecule has 2 aromatic rings. The SMILES string of the molecule is O=C(NCc1ccc(OC(F)F)cc1)c1ccc(SC(F)(F)F)cc1. The highest BCUT2D eigenvalue weighted by molar-refractivity contribution is 8.00. The van der Waals surface area contributed by atoms with Gasteiger partial charge in [-0.2, -0.15) is 22.0 Å². The Labute approximate surface area is 144 Å². The van der Waals surface area contributed by atoms with Crippen LogP contribution in [0.15, 0.2) is 53.4 Å². The zero-order valence-electron chi connectivity index (χ0n) is 12.5. The van der Waals surface area contributed by atoms with E-state index in [1.54, 1.807) is 0 Å². The molecule has 0 unspecified atom stereocenters. The van der Waals surface area contributed by atoms with Gasteiger partial charge in [0.2, 0.25) is 0 Å². The molecule has 0 aromatic heterocycles. The van der Waals surface area contributed by atoms with Crippen LogP contribution in [0.4, 0.5) is 22.0 Å². The first kappa shape index (κ1) is 19.0. The molecule has 2 rings (SSSR count). The molecule has 1 amide bonds. The van der Waals surface area contributed by atoms with Gasteiger partial charge in [0, 0.05) is 17.0 Å². The number of benzene rings is 2. The minimum Gasteiger partial charge on any atom is -0.435 e. The van der Waals surface area contributed by atoms with Crippen molar-refractivity contribution in [1.82, 2.24) is 5.32 Å². The average Bonchev–Trinajstić information content (AvgIpc) is 2.52. The van der Waals surface area contributed by atoms with Gasteiger partial charge in [-0.15, -0.1) is 0 Å². The number of alkyl halides is 5. The van der Waals surface area contributed by atoms with Crippen molar-refractivity contribution < 1.29 is 31.5 Å². The highest BCUT2D eigenvalue weighted by atomic mass is 32.2. The second-order valence-electron chi connectivity index (χ2n) is 4.78. The van der Waals surface area contributed by atoms with Gasteiger partial charge in [0.1, 0.15) is 5.75 Å². The Bertz CT molecular complexity index is 702. The van der Waals surface area contributed by atoms with Crippen molar-refractivity contribution in [3.05, 3.63) is 59.7 Å². The van der Waals surface area contributed by atoms with Gasteiger partial charge in [-0.3, -0.25) is 4.79 Å². The lowest BCUT2D eigenvalue weighted by Gasteiger charge is -2.08. The van der Waals surface area contributed by atoms with Crippen molar-refractivity contribution in [3.63, 3.8) is 0 Å². The Hall–Kier alpha value is -2.29. The van der Waals surface area contributed by atoms with Crippen molar-refractivity contribution in [2.75, 3.05) is 0 Å². The monoisotopic (exact) mass is 377 g/mol. The molecule has 9 heteroatoms. The molecule has 0 fully saturated rings. The van der Waals surface area contributed by atoms with E-state index in [4.69, 9.17) is 0 Å². The average molecular weight is 377 g/mol. The Balaban J connectivity index is 1.89.